The van der Waals surface area contributed by atoms with Crippen molar-refractivity contribution in [3.63, 3.8) is 0 Å². The minimum atomic E-state index is -1.52. The molecule has 0 aromatic carbocycles. The average Bonchev–Trinajstić information content (AvgIpc) is 3.08. The Balaban J connectivity index is 1.27. The van der Waals surface area contributed by atoms with Gasteiger partial charge in [-0.1, -0.05) is 0 Å². The van der Waals surface area contributed by atoms with Crippen LogP contribution in [0.25, 0.3) is 5.52 Å². The van der Waals surface area contributed by atoms with Gasteiger partial charge in [0.25, 0.3) is 0 Å². The van der Waals surface area contributed by atoms with Crippen molar-refractivity contribution in [1.29, 1.82) is 0 Å². The van der Waals surface area contributed by atoms with Crippen molar-refractivity contribution in [2.45, 2.75) is 57.2 Å². The van der Waals surface area contributed by atoms with E-state index in [2.05, 4.69) is 30.9 Å². The summed E-state index contributed by atoms with van der Waals surface area (Å²) >= 11 is 0. The van der Waals surface area contributed by atoms with E-state index in [0.717, 1.165) is 29.6 Å². The van der Waals surface area contributed by atoms with Crippen LogP contribution in [-0.4, -0.2) is 62.4 Å². The standard InChI is InChI=1S/C21H26FN7O4/c1-11-13(9-31-3)28-29-7-6-23-19(17(11)29)24-15-8-12(26-27-15)18-16(22)14(10-32-18)33-20(30)25-21(2)4-5-21/h6-8,14,16,18H,4-5,9-10H2,1-3H3,(H,25,30)(H2,23,24,26,27)/t14-,16-,18-/m0/s1. The van der Waals surface area contributed by atoms with Gasteiger partial charge >= 0.3 is 6.09 Å². The molecule has 0 bridgehead atoms. The smallest absolute Gasteiger partial charge is 0.408 e. The van der Waals surface area contributed by atoms with Gasteiger partial charge in [0.05, 0.1) is 24.6 Å². The summed E-state index contributed by atoms with van der Waals surface area (Å²) in [4.78, 5) is 16.4. The van der Waals surface area contributed by atoms with Gasteiger partial charge in [0.2, 0.25) is 0 Å². The van der Waals surface area contributed by atoms with E-state index in [1.54, 1.807) is 30.1 Å². The van der Waals surface area contributed by atoms with Crippen LogP contribution in [0.4, 0.5) is 20.8 Å². The van der Waals surface area contributed by atoms with E-state index < -0.39 is 24.5 Å². The fraction of sp³-hybridized carbons (Fsp3) is 0.524. The second kappa shape index (κ2) is 8.27. The lowest BCUT2D eigenvalue weighted by molar-refractivity contribution is 0.0604. The molecule has 1 aliphatic heterocycles. The average molecular weight is 459 g/mol. The Morgan fingerprint density at radius 1 is 1.45 bits per heavy atom. The molecule has 11 nitrogen and oxygen atoms in total. The van der Waals surface area contributed by atoms with Crippen molar-refractivity contribution in [3.8, 4) is 0 Å². The zero-order valence-corrected chi connectivity index (χ0v) is 18.6. The highest BCUT2D eigenvalue weighted by Gasteiger charge is 2.44. The fourth-order valence-electron chi connectivity index (χ4n) is 3.89. The molecule has 4 heterocycles. The van der Waals surface area contributed by atoms with Gasteiger partial charge in [-0.3, -0.25) is 5.10 Å². The number of anilines is 2. The molecule has 5 rings (SSSR count). The molecule has 3 N–H and O–H groups in total. The number of carbonyl (C=O) groups is 1. The van der Waals surface area contributed by atoms with Gasteiger partial charge in [-0.05, 0) is 26.7 Å². The Morgan fingerprint density at radius 3 is 3.03 bits per heavy atom. The number of halogens is 1. The lowest BCUT2D eigenvalue weighted by Gasteiger charge is -2.17. The van der Waals surface area contributed by atoms with Crippen molar-refractivity contribution in [1.82, 2.24) is 30.1 Å². The van der Waals surface area contributed by atoms with Crippen molar-refractivity contribution in [2.75, 3.05) is 19.0 Å². The molecular weight excluding hydrogens is 433 g/mol. The quantitative estimate of drug-likeness (QED) is 0.492. The van der Waals surface area contributed by atoms with E-state index in [1.165, 1.54) is 0 Å². The van der Waals surface area contributed by atoms with Gasteiger partial charge < -0.3 is 24.8 Å². The second-order valence-corrected chi connectivity index (χ2v) is 8.74. The Morgan fingerprint density at radius 2 is 2.27 bits per heavy atom. The number of alkyl carbamates (subject to hydrolysis) is 1. The van der Waals surface area contributed by atoms with Crippen molar-refractivity contribution < 1.29 is 23.4 Å². The third-order valence-corrected chi connectivity index (χ3v) is 6.06. The lowest BCUT2D eigenvalue weighted by atomic mass is 10.1. The van der Waals surface area contributed by atoms with Crippen LogP contribution in [-0.2, 0) is 20.8 Å². The second-order valence-electron chi connectivity index (χ2n) is 8.74. The van der Waals surface area contributed by atoms with Crippen LogP contribution in [0.15, 0.2) is 18.5 Å². The number of hydrogen-bond donors (Lipinski definition) is 3. The first-order chi connectivity index (χ1) is 15.9. The topological polar surface area (TPSA) is 128 Å². The number of ether oxygens (including phenoxy) is 3. The first-order valence-corrected chi connectivity index (χ1v) is 10.8. The molecule has 2 aliphatic rings. The van der Waals surface area contributed by atoms with E-state index in [-0.39, 0.29) is 12.1 Å². The molecule has 176 valence electrons. The minimum absolute atomic E-state index is 0.0318. The SMILES string of the molecule is COCc1nn2ccnc(Nc3cc([C@@H]4OC[C@H](OC(=O)NC5(C)CC5)[C@@H]4F)[nH]n3)c2c1C. The summed E-state index contributed by atoms with van der Waals surface area (Å²) in [5.74, 6) is 0.998. The zero-order chi connectivity index (χ0) is 23.2. The molecule has 1 amide bonds. The highest BCUT2D eigenvalue weighted by Crippen LogP contribution is 2.36. The highest BCUT2D eigenvalue weighted by molar-refractivity contribution is 5.76. The molecule has 3 atom stereocenters. The van der Waals surface area contributed by atoms with Crippen LogP contribution in [0.3, 0.4) is 0 Å². The number of alkyl halides is 1. The number of fused-ring (bicyclic) bond motifs is 1. The number of rotatable bonds is 7. The molecule has 2 fully saturated rings. The molecule has 12 heteroatoms. The van der Waals surface area contributed by atoms with Gasteiger partial charge in [-0.15, -0.1) is 0 Å². The maximum Gasteiger partial charge on any atom is 0.408 e. The number of aromatic nitrogens is 5. The van der Waals surface area contributed by atoms with Gasteiger partial charge in [0, 0.05) is 36.7 Å². The number of aromatic amines is 1. The van der Waals surface area contributed by atoms with E-state index in [1.807, 2.05) is 13.8 Å². The predicted molar refractivity (Wildman–Crippen MR) is 115 cm³/mol. The third kappa shape index (κ3) is 4.23. The van der Waals surface area contributed by atoms with E-state index in [0.29, 0.717) is 23.9 Å². The number of aryl methyl sites for hydroxylation is 1. The molecule has 0 unspecified atom stereocenters. The zero-order valence-electron chi connectivity index (χ0n) is 18.6. The number of H-pyrrole nitrogens is 1. The molecule has 1 saturated carbocycles. The van der Waals surface area contributed by atoms with Crippen LogP contribution in [0.5, 0.6) is 0 Å². The molecular formula is C21H26FN7O4. The Hall–Kier alpha value is -3.25. The summed E-state index contributed by atoms with van der Waals surface area (Å²) in [7, 11) is 1.62. The number of carbonyl (C=O) groups excluding carboxylic acids is 1. The van der Waals surface area contributed by atoms with E-state index in [4.69, 9.17) is 14.2 Å². The molecule has 0 radical (unpaired) electrons. The van der Waals surface area contributed by atoms with Crippen LogP contribution < -0.4 is 10.6 Å². The molecule has 33 heavy (non-hydrogen) atoms. The Kier molecular flexibility index (Phi) is 5.41. The van der Waals surface area contributed by atoms with Crippen LogP contribution in [0.1, 0.15) is 42.8 Å². The number of nitrogens with zero attached hydrogens (tertiary/aromatic N) is 4. The monoisotopic (exact) mass is 459 g/mol. The molecule has 3 aromatic rings. The maximum atomic E-state index is 15.0. The Labute approximate surface area is 189 Å². The summed E-state index contributed by atoms with van der Waals surface area (Å²) < 4.78 is 32.7. The van der Waals surface area contributed by atoms with Crippen LogP contribution in [0, 0.1) is 6.92 Å². The van der Waals surface area contributed by atoms with Gasteiger partial charge in [0.1, 0.15) is 11.6 Å². The van der Waals surface area contributed by atoms with Gasteiger partial charge in [-0.2, -0.15) is 10.2 Å². The maximum absolute atomic E-state index is 15.0. The highest BCUT2D eigenvalue weighted by atomic mass is 19.1. The molecule has 3 aromatic heterocycles. The Bertz CT molecular complexity index is 1170. The lowest BCUT2D eigenvalue weighted by Crippen LogP contribution is -2.39. The van der Waals surface area contributed by atoms with E-state index in [9.17, 15) is 9.18 Å². The predicted octanol–water partition coefficient (Wildman–Crippen LogP) is 2.71. The van der Waals surface area contributed by atoms with Crippen molar-refractivity contribution in [3.05, 3.63) is 35.4 Å². The number of nitrogens with one attached hydrogen (secondary N) is 3. The van der Waals surface area contributed by atoms with Gasteiger partial charge in [0.15, 0.2) is 23.9 Å². The number of amides is 1. The summed E-state index contributed by atoms with van der Waals surface area (Å²) in [5, 5.41) is 17.4. The van der Waals surface area contributed by atoms with Gasteiger partial charge in [-0.25, -0.2) is 18.7 Å². The van der Waals surface area contributed by atoms with E-state index >= 15 is 0 Å². The number of hydrogen-bond acceptors (Lipinski definition) is 8. The van der Waals surface area contributed by atoms with Crippen molar-refractivity contribution >= 4 is 23.2 Å². The molecule has 1 aliphatic carbocycles. The third-order valence-electron chi connectivity index (χ3n) is 6.06. The van der Waals surface area contributed by atoms with Crippen LogP contribution in [0.2, 0.25) is 0 Å². The minimum Gasteiger partial charge on any atom is -0.441 e. The summed E-state index contributed by atoms with van der Waals surface area (Å²) in [6.07, 6.45) is 1.11. The van der Waals surface area contributed by atoms with Crippen molar-refractivity contribution in [2.24, 2.45) is 0 Å². The fourth-order valence-corrected chi connectivity index (χ4v) is 3.89. The summed E-state index contributed by atoms with van der Waals surface area (Å²) in [6.45, 7) is 4.22. The first-order valence-electron chi connectivity index (χ1n) is 10.8. The summed E-state index contributed by atoms with van der Waals surface area (Å²) in [5.41, 5.74) is 2.73. The first kappa shape index (κ1) is 21.6. The molecule has 1 saturated heterocycles. The normalized spacial score (nSPS) is 23.6. The molecule has 0 spiro atoms. The largest absolute Gasteiger partial charge is 0.441 e. The summed E-state index contributed by atoms with van der Waals surface area (Å²) in [6, 6.07) is 1.65. The number of methoxy groups -OCH3 is 1. The van der Waals surface area contributed by atoms with Crippen LogP contribution >= 0.6 is 0 Å².